The minimum Gasteiger partial charge on any atom is -0.352 e. The molecule has 0 aromatic heterocycles. The third kappa shape index (κ3) is 4.91. The molecule has 1 heterocycles. The van der Waals surface area contributed by atoms with Gasteiger partial charge in [0.05, 0.1) is 12.6 Å². The van der Waals surface area contributed by atoms with Crippen molar-refractivity contribution in [1.82, 2.24) is 20.4 Å². The molecule has 1 aliphatic heterocycles. The molecule has 23 heavy (non-hydrogen) atoms. The van der Waals surface area contributed by atoms with Crippen molar-refractivity contribution in [2.45, 2.75) is 63.6 Å². The Bertz CT molecular complexity index is 424. The van der Waals surface area contributed by atoms with Crippen LogP contribution >= 0.6 is 0 Å². The SMILES string of the molecule is C[C@H](C(=O)NC1CCCC1)N1CCN(CC(=O)NC2CC2)CC1. The lowest BCUT2D eigenvalue weighted by atomic mass is 10.2. The van der Waals surface area contributed by atoms with Crippen LogP contribution in [0.1, 0.15) is 45.4 Å². The highest BCUT2D eigenvalue weighted by atomic mass is 16.2. The molecule has 1 atom stereocenters. The van der Waals surface area contributed by atoms with Crippen molar-refractivity contribution in [3.63, 3.8) is 0 Å². The summed E-state index contributed by atoms with van der Waals surface area (Å²) in [6.45, 7) is 5.93. The first-order valence-electron chi connectivity index (χ1n) is 9.18. The fourth-order valence-corrected chi connectivity index (χ4v) is 3.57. The highest BCUT2D eigenvalue weighted by Crippen LogP contribution is 2.19. The van der Waals surface area contributed by atoms with Gasteiger partial charge in [-0.05, 0) is 32.6 Å². The zero-order chi connectivity index (χ0) is 16.2. The number of hydrogen-bond donors (Lipinski definition) is 2. The van der Waals surface area contributed by atoms with Crippen molar-refractivity contribution in [3.05, 3.63) is 0 Å². The number of carbonyl (C=O) groups excluding carboxylic acids is 2. The lowest BCUT2D eigenvalue weighted by molar-refractivity contribution is -0.128. The first-order chi connectivity index (χ1) is 11.1. The molecule has 1 saturated heterocycles. The van der Waals surface area contributed by atoms with Crippen LogP contribution in [0.4, 0.5) is 0 Å². The average Bonchev–Trinajstić information content (AvgIpc) is 3.20. The molecule has 2 aliphatic carbocycles. The van der Waals surface area contributed by atoms with E-state index in [2.05, 4.69) is 20.4 Å². The van der Waals surface area contributed by atoms with Gasteiger partial charge in [-0.25, -0.2) is 0 Å². The van der Waals surface area contributed by atoms with E-state index >= 15 is 0 Å². The molecule has 3 fully saturated rings. The Labute approximate surface area is 139 Å². The zero-order valence-corrected chi connectivity index (χ0v) is 14.2. The summed E-state index contributed by atoms with van der Waals surface area (Å²) < 4.78 is 0. The minimum atomic E-state index is -0.0713. The van der Waals surface area contributed by atoms with Gasteiger partial charge in [0, 0.05) is 38.3 Å². The summed E-state index contributed by atoms with van der Waals surface area (Å²) in [6.07, 6.45) is 6.99. The van der Waals surface area contributed by atoms with Crippen LogP contribution in [-0.4, -0.2) is 72.5 Å². The van der Waals surface area contributed by atoms with Crippen LogP contribution in [0.25, 0.3) is 0 Å². The molecule has 0 bridgehead atoms. The summed E-state index contributed by atoms with van der Waals surface area (Å²) in [6, 6.07) is 0.749. The Morgan fingerprint density at radius 2 is 1.57 bits per heavy atom. The van der Waals surface area contributed by atoms with Crippen molar-refractivity contribution in [2.24, 2.45) is 0 Å². The number of carbonyl (C=O) groups is 2. The van der Waals surface area contributed by atoms with E-state index in [1.807, 2.05) is 6.92 Å². The lowest BCUT2D eigenvalue weighted by Gasteiger charge is -2.37. The van der Waals surface area contributed by atoms with E-state index in [-0.39, 0.29) is 17.9 Å². The molecular formula is C17H30N4O2. The maximum Gasteiger partial charge on any atom is 0.237 e. The van der Waals surface area contributed by atoms with E-state index in [1.54, 1.807) is 0 Å². The number of amides is 2. The van der Waals surface area contributed by atoms with Crippen LogP contribution in [0.2, 0.25) is 0 Å². The van der Waals surface area contributed by atoms with Crippen molar-refractivity contribution < 1.29 is 9.59 Å². The third-order valence-electron chi connectivity index (χ3n) is 5.35. The molecule has 0 spiro atoms. The van der Waals surface area contributed by atoms with E-state index in [1.165, 1.54) is 12.8 Å². The molecule has 6 heteroatoms. The van der Waals surface area contributed by atoms with Crippen LogP contribution in [0, 0.1) is 0 Å². The summed E-state index contributed by atoms with van der Waals surface area (Å²) in [5.41, 5.74) is 0. The quantitative estimate of drug-likeness (QED) is 0.740. The van der Waals surface area contributed by atoms with Crippen LogP contribution in [0.15, 0.2) is 0 Å². The van der Waals surface area contributed by atoms with Gasteiger partial charge in [-0.1, -0.05) is 12.8 Å². The van der Waals surface area contributed by atoms with E-state index < -0.39 is 0 Å². The van der Waals surface area contributed by atoms with Gasteiger partial charge < -0.3 is 10.6 Å². The topological polar surface area (TPSA) is 64.7 Å². The predicted octanol–water partition coefficient (Wildman–Crippen LogP) is 0.330. The lowest BCUT2D eigenvalue weighted by Crippen LogP contribution is -2.55. The number of nitrogens with one attached hydrogen (secondary N) is 2. The van der Waals surface area contributed by atoms with E-state index in [4.69, 9.17) is 0 Å². The van der Waals surface area contributed by atoms with Crippen molar-refractivity contribution >= 4 is 11.8 Å². The van der Waals surface area contributed by atoms with Gasteiger partial charge in [-0.3, -0.25) is 19.4 Å². The van der Waals surface area contributed by atoms with Crippen LogP contribution in [0.5, 0.6) is 0 Å². The minimum absolute atomic E-state index is 0.0713. The molecule has 6 nitrogen and oxygen atoms in total. The smallest absolute Gasteiger partial charge is 0.237 e. The average molecular weight is 322 g/mol. The Morgan fingerprint density at radius 1 is 0.957 bits per heavy atom. The zero-order valence-electron chi connectivity index (χ0n) is 14.2. The van der Waals surface area contributed by atoms with Crippen molar-refractivity contribution in [2.75, 3.05) is 32.7 Å². The number of nitrogens with zero attached hydrogens (tertiary/aromatic N) is 2. The molecular weight excluding hydrogens is 292 g/mol. The van der Waals surface area contributed by atoms with Crippen molar-refractivity contribution in [3.8, 4) is 0 Å². The maximum atomic E-state index is 12.4. The molecule has 130 valence electrons. The van der Waals surface area contributed by atoms with Gasteiger partial charge in [-0.2, -0.15) is 0 Å². The Morgan fingerprint density at radius 3 is 2.17 bits per heavy atom. The predicted molar refractivity (Wildman–Crippen MR) is 89.0 cm³/mol. The van der Waals surface area contributed by atoms with Gasteiger partial charge in [-0.15, -0.1) is 0 Å². The largest absolute Gasteiger partial charge is 0.352 e. The summed E-state index contributed by atoms with van der Waals surface area (Å²) in [4.78, 5) is 28.6. The molecule has 3 rings (SSSR count). The number of hydrogen-bond acceptors (Lipinski definition) is 4. The number of rotatable bonds is 6. The molecule has 2 saturated carbocycles. The maximum absolute atomic E-state index is 12.4. The second-order valence-corrected chi connectivity index (χ2v) is 7.32. The standard InChI is InChI=1S/C17H30N4O2/c1-13(17(23)19-14-4-2-3-5-14)21-10-8-20(9-11-21)12-16(22)18-15-6-7-15/h13-15H,2-12H2,1H3,(H,18,22)(H,19,23)/t13-/m1/s1. The molecule has 0 aromatic carbocycles. The summed E-state index contributed by atoms with van der Waals surface area (Å²) in [5.74, 6) is 0.310. The third-order valence-corrected chi connectivity index (χ3v) is 5.35. The van der Waals surface area contributed by atoms with Gasteiger partial charge >= 0.3 is 0 Å². The van der Waals surface area contributed by atoms with Gasteiger partial charge in [0.1, 0.15) is 0 Å². The fourth-order valence-electron chi connectivity index (χ4n) is 3.57. The molecule has 3 aliphatic rings. The Hall–Kier alpha value is -1.14. The van der Waals surface area contributed by atoms with Crippen LogP contribution < -0.4 is 10.6 Å². The van der Waals surface area contributed by atoms with Crippen LogP contribution in [-0.2, 0) is 9.59 Å². The molecule has 0 radical (unpaired) electrons. The molecule has 2 amide bonds. The Kier molecular flexibility index (Phi) is 5.54. The Balaban J connectivity index is 1.37. The van der Waals surface area contributed by atoms with Crippen LogP contribution in [0.3, 0.4) is 0 Å². The monoisotopic (exact) mass is 322 g/mol. The highest BCUT2D eigenvalue weighted by Gasteiger charge is 2.29. The first kappa shape index (κ1) is 16.7. The summed E-state index contributed by atoms with van der Waals surface area (Å²) in [5, 5.41) is 6.22. The van der Waals surface area contributed by atoms with Gasteiger partial charge in [0.2, 0.25) is 11.8 Å². The van der Waals surface area contributed by atoms with E-state index in [0.717, 1.165) is 51.9 Å². The summed E-state index contributed by atoms with van der Waals surface area (Å²) in [7, 11) is 0. The second-order valence-electron chi connectivity index (χ2n) is 7.32. The second kappa shape index (κ2) is 7.62. The van der Waals surface area contributed by atoms with E-state index in [0.29, 0.717) is 18.6 Å². The van der Waals surface area contributed by atoms with Gasteiger partial charge in [0.15, 0.2) is 0 Å². The highest BCUT2D eigenvalue weighted by molar-refractivity contribution is 5.81. The first-order valence-corrected chi connectivity index (χ1v) is 9.18. The van der Waals surface area contributed by atoms with Crippen molar-refractivity contribution in [1.29, 1.82) is 0 Å². The number of piperazine rings is 1. The molecule has 2 N–H and O–H groups in total. The normalized spacial score (nSPS) is 25.3. The molecule has 0 aromatic rings. The van der Waals surface area contributed by atoms with Gasteiger partial charge in [0.25, 0.3) is 0 Å². The van der Waals surface area contributed by atoms with E-state index in [9.17, 15) is 9.59 Å². The fraction of sp³-hybridized carbons (Fsp3) is 0.882. The molecule has 0 unspecified atom stereocenters. The summed E-state index contributed by atoms with van der Waals surface area (Å²) >= 11 is 0.